The van der Waals surface area contributed by atoms with Crippen molar-refractivity contribution in [3.05, 3.63) is 106 Å². The molecule has 3 heterocycles. The van der Waals surface area contributed by atoms with E-state index < -0.39 is 0 Å². The molecule has 4 aromatic rings. The maximum Gasteiger partial charge on any atom is 0.226 e. The van der Waals surface area contributed by atoms with Crippen molar-refractivity contribution in [2.75, 3.05) is 10.2 Å². The van der Waals surface area contributed by atoms with E-state index in [0.717, 1.165) is 34.8 Å². The minimum Gasteiger partial charge on any atom is -0.351 e. The first-order chi connectivity index (χ1) is 19.2. The Morgan fingerprint density at radius 2 is 1.85 bits per heavy atom. The summed E-state index contributed by atoms with van der Waals surface area (Å²) in [5, 5.41) is 7.50. The molecule has 40 heavy (non-hydrogen) atoms. The van der Waals surface area contributed by atoms with Crippen LogP contribution in [0.1, 0.15) is 61.1 Å². The molecule has 0 aliphatic carbocycles. The molecule has 0 bridgehead atoms. The average Bonchev–Trinajstić information content (AvgIpc) is 3.44. The molecular weight excluding hydrogens is 538 g/mol. The first-order valence-corrected chi connectivity index (χ1v) is 14.4. The molecule has 206 valence electrons. The van der Waals surface area contributed by atoms with Crippen molar-refractivity contribution in [2.24, 2.45) is 5.92 Å². The number of rotatable bonds is 7. The summed E-state index contributed by atoms with van der Waals surface area (Å²) >= 11 is 12.6. The van der Waals surface area contributed by atoms with Gasteiger partial charge in [-0.3, -0.25) is 9.78 Å². The van der Waals surface area contributed by atoms with Gasteiger partial charge in [0.15, 0.2) is 5.11 Å². The molecule has 1 saturated heterocycles. The van der Waals surface area contributed by atoms with Gasteiger partial charge in [0.1, 0.15) is 0 Å². The van der Waals surface area contributed by atoms with Crippen molar-refractivity contribution in [1.29, 1.82) is 0 Å². The molecule has 1 amide bonds. The van der Waals surface area contributed by atoms with Crippen LogP contribution in [0.25, 0.3) is 5.69 Å². The number of carbonyl (C=O) groups excluding carboxylic acids is 1. The van der Waals surface area contributed by atoms with E-state index in [1.165, 1.54) is 11.3 Å². The van der Waals surface area contributed by atoms with Crippen LogP contribution < -0.4 is 15.5 Å². The fourth-order valence-electron chi connectivity index (χ4n) is 5.47. The standard InChI is InChI=1S/C32H34ClN5OS/c1-6-22-11-7-8-13-28(22)37-20(4)17-24(21(37)5)30-29(27-12-9-10-16-34-27)36-32(40)38(30)23-14-15-26(25(33)18-23)35-31(39)19(2)3/h7-19,29-30H,6H2,1-5H3,(H,35,39)(H,36,40)/t29-,30+/m1/s1. The van der Waals surface area contributed by atoms with Crippen LogP contribution in [0.15, 0.2) is 72.9 Å². The highest BCUT2D eigenvalue weighted by atomic mass is 35.5. The molecule has 6 nitrogen and oxygen atoms in total. The Bertz CT molecular complexity index is 1570. The van der Waals surface area contributed by atoms with E-state index in [1.807, 2.05) is 56.4 Å². The Balaban J connectivity index is 1.63. The Morgan fingerprint density at radius 1 is 1.10 bits per heavy atom. The summed E-state index contributed by atoms with van der Waals surface area (Å²) in [6, 6.07) is 22.0. The smallest absolute Gasteiger partial charge is 0.226 e. The van der Waals surface area contributed by atoms with Crippen LogP contribution in [0, 0.1) is 19.8 Å². The molecular formula is C32H34ClN5OS. The topological polar surface area (TPSA) is 62.2 Å². The molecule has 2 aromatic heterocycles. The summed E-state index contributed by atoms with van der Waals surface area (Å²) in [7, 11) is 0. The number of carbonyl (C=O) groups is 1. The van der Waals surface area contributed by atoms with Crippen molar-refractivity contribution in [1.82, 2.24) is 14.9 Å². The Morgan fingerprint density at radius 3 is 2.52 bits per heavy atom. The van der Waals surface area contributed by atoms with Gasteiger partial charge >= 0.3 is 0 Å². The number of benzene rings is 2. The Hall–Kier alpha value is -3.68. The fraction of sp³-hybridized carbons (Fsp3) is 0.281. The molecule has 0 unspecified atom stereocenters. The largest absolute Gasteiger partial charge is 0.351 e. The molecule has 8 heteroatoms. The van der Waals surface area contributed by atoms with E-state index in [1.54, 1.807) is 0 Å². The van der Waals surface area contributed by atoms with Crippen LogP contribution >= 0.6 is 23.8 Å². The van der Waals surface area contributed by atoms with E-state index in [9.17, 15) is 4.79 Å². The van der Waals surface area contributed by atoms with Crippen LogP contribution in [0.2, 0.25) is 5.02 Å². The Kier molecular flexibility index (Phi) is 7.97. The zero-order valence-corrected chi connectivity index (χ0v) is 25.0. The van der Waals surface area contributed by atoms with Gasteiger partial charge in [0.05, 0.1) is 28.5 Å². The maximum atomic E-state index is 12.3. The lowest BCUT2D eigenvalue weighted by atomic mass is 9.96. The molecule has 0 radical (unpaired) electrons. The number of aryl methyl sites for hydroxylation is 2. The van der Waals surface area contributed by atoms with Gasteiger partial charge in [0.2, 0.25) is 5.91 Å². The molecule has 2 N–H and O–H groups in total. The van der Waals surface area contributed by atoms with E-state index >= 15 is 0 Å². The molecule has 1 aliphatic rings. The van der Waals surface area contributed by atoms with E-state index in [2.05, 4.69) is 71.2 Å². The van der Waals surface area contributed by atoms with Crippen LogP contribution in [-0.2, 0) is 11.2 Å². The number of nitrogens with zero attached hydrogens (tertiary/aromatic N) is 3. The highest BCUT2D eigenvalue weighted by molar-refractivity contribution is 7.80. The third kappa shape index (κ3) is 5.11. The summed E-state index contributed by atoms with van der Waals surface area (Å²) < 4.78 is 2.33. The predicted molar refractivity (Wildman–Crippen MR) is 167 cm³/mol. The van der Waals surface area contributed by atoms with E-state index in [4.69, 9.17) is 28.8 Å². The number of aromatic nitrogens is 2. The lowest BCUT2D eigenvalue weighted by Gasteiger charge is -2.28. The number of halogens is 1. The predicted octanol–water partition coefficient (Wildman–Crippen LogP) is 7.48. The number of para-hydroxylation sites is 1. The van der Waals surface area contributed by atoms with Gasteiger partial charge in [0, 0.05) is 34.9 Å². The van der Waals surface area contributed by atoms with Crippen molar-refractivity contribution >= 4 is 46.2 Å². The lowest BCUT2D eigenvalue weighted by molar-refractivity contribution is -0.118. The minimum absolute atomic E-state index is 0.0825. The maximum absolute atomic E-state index is 12.3. The first kappa shape index (κ1) is 27.9. The van der Waals surface area contributed by atoms with Crippen LogP contribution in [0.3, 0.4) is 0 Å². The van der Waals surface area contributed by atoms with Crippen LogP contribution in [0.4, 0.5) is 11.4 Å². The minimum atomic E-state index is -0.178. The van der Waals surface area contributed by atoms with E-state index in [0.29, 0.717) is 15.8 Å². The average molecular weight is 572 g/mol. The summed E-state index contributed by atoms with van der Waals surface area (Å²) in [5.41, 5.74) is 8.25. The summed E-state index contributed by atoms with van der Waals surface area (Å²) in [4.78, 5) is 19.1. The zero-order chi connectivity index (χ0) is 28.6. The molecule has 5 rings (SSSR count). The number of thiocarbonyl (C=S) groups is 1. The highest BCUT2D eigenvalue weighted by Crippen LogP contribution is 2.45. The number of hydrogen-bond donors (Lipinski definition) is 2. The fourth-order valence-corrected chi connectivity index (χ4v) is 6.03. The van der Waals surface area contributed by atoms with Crippen LogP contribution in [0.5, 0.6) is 0 Å². The second kappa shape index (κ2) is 11.4. The Labute approximate surface area is 246 Å². The first-order valence-electron chi connectivity index (χ1n) is 13.6. The second-order valence-corrected chi connectivity index (χ2v) is 11.2. The lowest BCUT2D eigenvalue weighted by Crippen LogP contribution is -2.29. The van der Waals surface area contributed by atoms with Crippen molar-refractivity contribution in [2.45, 2.75) is 53.1 Å². The highest BCUT2D eigenvalue weighted by Gasteiger charge is 2.42. The number of pyridine rings is 1. The van der Waals surface area contributed by atoms with Gasteiger partial charge in [-0.15, -0.1) is 0 Å². The molecule has 1 fully saturated rings. The van der Waals surface area contributed by atoms with Gasteiger partial charge in [-0.25, -0.2) is 0 Å². The molecule has 2 atom stereocenters. The number of nitrogens with one attached hydrogen (secondary N) is 2. The van der Waals surface area contributed by atoms with Crippen molar-refractivity contribution < 1.29 is 4.79 Å². The second-order valence-electron chi connectivity index (χ2n) is 10.4. The summed E-state index contributed by atoms with van der Waals surface area (Å²) in [6.45, 7) is 10.2. The summed E-state index contributed by atoms with van der Waals surface area (Å²) in [6.07, 6.45) is 2.75. The van der Waals surface area contributed by atoms with Crippen LogP contribution in [-0.4, -0.2) is 20.6 Å². The third-order valence-electron chi connectivity index (χ3n) is 7.51. The van der Waals surface area contributed by atoms with Gasteiger partial charge < -0.3 is 20.1 Å². The van der Waals surface area contributed by atoms with Gasteiger partial charge in [-0.1, -0.05) is 56.6 Å². The molecule has 0 spiro atoms. The summed E-state index contributed by atoms with van der Waals surface area (Å²) in [5.74, 6) is -0.233. The van der Waals surface area contributed by atoms with Gasteiger partial charge in [-0.2, -0.15) is 0 Å². The zero-order valence-electron chi connectivity index (χ0n) is 23.4. The molecule has 2 aromatic carbocycles. The molecule has 1 aliphatic heterocycles. The number of amides is 1. The van der Waals surface area contributed by atoms with Crippen molar-refractivity contribution in [3.8, 4) is 5.69 Å². The van der Waals surface area contributed by atoms with E-state index in [-0.39, 0.29) is 23.9 Å². The number of hydrogen-bond acceptors (Lipinski definition) is 3. The van der Waals surface area contributed by atoms with Gasteiger partial charge in [-0.05, 0) is 86.1 Å². The number of anilines is 2. The van der Waals surface area contributed by atoms with Gasteiger partial charge in [0.25, 0.3) is 0 Å². The SMILES string of the molecule is CCc1ccccc1-n1c(C)cc([C@H]2[C@@H](c3ccccn3)NC(=S)N2c2ccc(NC(=O)C(C)C)c(Cl)c2)c1C. The third-order valence-corrected chi connectivity index (χ3v) is 8.14. The van der Waals surface area contributed by atoms with Crippen molar-refractivity contribution in [3.63, 3.8) is 0 Å². The molecule has 0 saturated carbocycles. The normalized spacial score (nSPS) is 16.9. The quantitative estimate of drug-likeness (QED) is 0.225. The monoisotopic (exact) mass is 571 g/mol.